The van der Waals surface area contributed by atoms with Crippen molar-refractivity contribution in [2.75, 3.05) is 33.0 Å². The summed E-state index contributed by atoms with van der Waals surface area (Å²) < 4.78 is 17.8. The van der Waals surface area contributed by atoms with E-state index in [0.717, 1.165) is 52.2 Å². The van der Waals surface area contributed by atoms with E-state index in [-0.39, 0.29) is 5.60 Å². The Morgan fingerprint density at radius 2 is 2.14 bits per heavy atom. The van der Waals surface area contributed by atoms with Crippen LogP contribution in [0.15, 0.2) is 0 Å². The summed E-state index contributed by atoms with van der Waals surface area (Å²) >= 11 is 0. The average molecular weight is 297 g/mol. The third kappa shape index (κ3) is 3.44. The average Bonchev–Trinajstić information content (AvgIpc) is 3.10. The lowest BCUT2D eigenvalue weighted by Gasteiger charge is -2.42. The molecule has 21 heavy (non-hydrogen) atoms. The number of rotatable bonds is 5. The predicted molar refractivity (Wildman–Crippen MR) is 82.4 cm³/mol. The first-order valence-corrected chi connectivity index (χ1v) is 8.81. The van der Waals surface area contributed by atoms with Gasteiger partial charge in [-0.25, -0.2) is 0 Å². The summed E-state index contributed by atoms with van der Waals surface area (Å²) in [7, 11) is 0. The summed E-state index contributed by atoms with van der Waals surface area (Å²) in [6.07, 6.45) is 6.09. The monoisotopic (exact) mass is 297 g/mol. The zero-order valence-electron chi connectivity index (χ0n) is 13.6. The number of nitrogens with one attached hydrogen (secondary N) is 1. The van der Waals surface area contributed by atoms with Gasteiger partial charge in [0.25, 0.3) is 0 Å². The van der Waals surface area contributed by atoms with Gasteiger partial charge in [-0.3, -0.25) is 0 Å². The molecule has 0 aromatic rings. The van der Waals surface area contributed by atoms with Gasteiger partial charge in [-0.1, -0.05) is 13.8 Å². The van der Waals surface area contributed by atoms with Crippen LogP contribution in [0, 0.1) is 11.8 Å². The van der Waals surface area contributed by atoms with Crippen molar-refractivity contribution in [3.63, 3.8) is 0 Å². The maximum Gasteiger partial charge on any atom is 0.0939 e. The first-order valence-electron chi connectivity index (χ1n) is 8.81. The molecule has 3 saturated heterocycles. The molecule has 0 radical (unpaired) electrons. The zero-order valence-corrected chi connectivity index (χ0v) is 13.6. The van der Waals surface area contributed by atoms with Crippen molar-refractivity contribution in [3.05, 3.63) is 0 Å². The van der Waals surface area contributed by atoms with Crippen LogP contribution in [0.2, 0.25) is 0 Å². The van der Waals surface area contributed by atoms with Crippen LogP contribution in [0.4, 0.5) is 0 Å². The van der Waals surface area contributed by atoms with Gasteiger partial charge in [0.15, 0.2) is 0 Å². The van der Waals surface area contributed by atoms with Crippen LogP contribution in [-0.4, -0.2) is 50.7 Å². The second kappa shape index (κ2) is 6.95. The normalized spacial score (nSPS) is 41.7. The van der Waals surface area contributed by atoms with Gasteiger partial charge in [-0.05, 0) is 44.1 Å². The van der Waals surface area contributed by atoms with Crippen LogP contribution in [0.25, 0.3) is 0 Å². The largest absolute Gasteiger partial charge is 0.378 e. The van der Waals surface area contributed by atoms with E-state index in [2.05, 4.69) is 19.2 Å². The molecule has 5 atom stereocenters. The van der Waals surface area contributed by atoms with E-state index in [4.69, 9.17) is 14.2 Å². The summed E-state index contributed by atoms with van der Waals surface area (Å²) in [5.74, 6) is 1.32. The third-order valence-corrected chi connectivity index (χ3v) is 5.53. The molecule has 122 valence electrons. The molecule has 1 N–H and O–H groups in total. The van der Waals surface area contributed by atoms with Crippen molar-refractivity contribution in [1.29, 1.82) is 0 Å². The van der Waals surface area contributed by atoms with Gasteiger partial charge in [0.2, 0.25) is 0 Å². The van der Waals surface area contributed by atoms with Crippen molar-refractivity contribution < 1.29 is 14.2 Å². The standard InChI is InChI=1S/C17H31NO3/c1-3-7-18-15(16-13(2)4-8-20-16)14-5-9-21-17(11-14)6-10-19-12-17/h13-16,18H,3-12H2,1-2H3. The summed E-state index contributed by atoms with van der Waals surface area (Å²) in [5, 5.41) is 3.80. The second-order valence-electron chi connectivity index (χ2n) is 7.17. The topological polar surface area (TPSA) is 39.7 Å². The number of hydrogen-bond donors (Lipinski definition) is 1. The summed E-state index contributed by atoms with van der Waals surface area (Å²) in [4.78, 5) is 0. The highest BCUT2D eigenvalue weighted by Gasteiger charge is 2.45. The lowest BCUT2D eigenvalue weighted by atomic mass is 9.77. The summed E-state index contributed by atoms with van der Waals surface area (Å²) in [5.41, 5.74) is -0.00307. The molecule has 0 amide bonds. The van der Waals surface area contributed by atoms with Crippen LogP contribution in [0.5, 0.6) is 0 Å². The minimum atomic E-state index is -0.00307. The fourth-order valence-electron chi connectivity index (χ4n) is 4.27. The fourth-order valence-corrected chi connectivity index (χ4v) is 4.27. The van der Waals surface area contributed by atoms with Crippen LogP contribution in [0.1, 0.15) is 46.0 Å². The molecule has 3 aliphatic rings. The van der Waals surface area contributed by atoms with Crippen LogP contribution >= 0.6 is 0 Å². The Hall–Kier alpha value is -0.160. The first kappa shape index (κ1) is 15.7. The molecular formula is C17H31NO3. The van der Waals surface area contributed by atoms with Gasteiger partial charge in [0.1, 0.15) is 0 Å². The Balaban J connectivity index is 1.69. The van der Waals surface area contributed by atoms with E-state index in [9.17, 15) is 0 Å². The number of ether oxygens (including phenoxy) is 3. The fraction of sp³-hybridized carbons (Fsp3) is 1.00. The van der Waals surface area contributed by atoms with Gasteiger partial charge in [-0.15, -0.1) is 0 Å². The molecule has 4 heteroatoms. The zero-order chi connectivity index (χ0) is 14.7. The Morgan fingerprint density at radius 1 is 1.24 bits per heavy atom. The van der Waals surface area contributed by atoms with Gasteiger partial charge in [0.05, 0.1) is 18.3 Å². The molecule has 0 bridgehead atoms. The minimum absolute atomic E-state index is 0.00307. The molecule has 3 rings (SSSR count). The van der Waals surface area contributed by atoms with Crippen molar-refractivity contribution in [1.82, 2.24) is 5.32 Å². The minimum Gasteiger partial charge on any atom is -0.378 e. The summed E-state index contributed by atoms with van der Waals surface area (Å²) in [6, 6.07) is 0.476. The van der Waals surface area contributed by atoms with Crippen molar-refractivity contribution in [3.8, 4) is 0 Å². The van der Waals surface area contributed by atoms with Gasteiger partial charge in [0, 0.05) is 32.3 Å². The molecule has 0 aliphatic carbocycles. The van der Waals surface area contributed by atoms with Crippen molar-refractivity contribution in [2.45, 2.75) is 63.7 Å². The van der Waals surface area contributed by atoms with Gasteiger partial charge >= 0.3 is 0 Å². The van der Waals surface area contributed by atoms with E-state index in [0.29, 0.717) is 24.0 Å². The van der Waals surface area contributed by atoms with Crippen LogP contribution in [0.3, 0.4) is 0 Å². The molecule has 0 saturated carbocycles. The molecule has 4 nitrogen and oxygen atoms in total. The first-order chi connectivity index (χ1) is 10.2. The third-order valence-electron chi connectivity index (χ3n) is 5.53. The Labute approximate surface area is 128 Å². The molecule has 3 heterocycles. The highest BCUT2D eigenvalue weighted by molar-refractivity contribution is 4.97. The van der Waals surface area contributed by atoms with Crippen LogP contribution in [-0.2, 0) is 14.2 Å². The Morgan fingerprint density at radius 3 is 2.81 bits per heavy atom. The van der Waals surface area contributed by atoms with E-state index in [1.807, 2.05) is 0 Å². The van der Waals surface area contributed by atoms with Crippen molar-refractivity contribution >= 4 is 0 Å². The smallest absolute Gasteiger partial charge is 0.0939 e. The maximum absolute atomic E-state index is 6.11. The van der Waals surface area contributed by atoms with Gasteiger partial charge in [-0.2, -0.15) is 0 Å². The highest BCUT2D eigenvalue weighted by atomic mass is 16.6. The molecule has 3 fully saturated rings. The van der Waals surface area contributed by atoms with E-state index >= 15 is 0 Å². The predicted octanol–water partition coefficient (Wildman–Crippen LogP) is 2.37. The highest BCUT2D eigenvalue weighted by Crippen LogP contribution is 2.39. The SMILES string of the molecule is CCCNC(C1CCOC2(CCOC2)C1)C1OCCC1C. The van der Waals surface area contributed by atoms with Crippen molar-refractivity contribution in [2.24, 2.45) is 11.8 Å². The lowest BCUT2D eigenvalue weighted by Crippen LogP contribution is -2.53. The second-order valence-corrected chi connectivity index (χ2v) is 7.17. The lowest BCUT2D eigenvalue weighted by molar-refractivity contribution is -0.111. The molecule has 5 unspecified atom stereocenters. The Kier molecular flexibility index (Phi) is 5.20. The number of hydrogen-bond acceptors (Lipinski definition) is 4. The molecule has 3 aliphatic heterocycles. The molecule has 1 spiro atoms. The quantitative estimate of drug-likeness (QED) is 0.845. The molecule has 0 aromatic carbocycles. The van der Waals surface area contributed by atoms with E-state index in [1.165, 1.54) is 12.8 Å². The maximum atomic E-state index is 6.11. The van der Waals surface area contributed by atoms with Gasteiger partial charge < -0.3 is 19.5 Å². The molecular weight excluding hydrogens is 266 g/mol. The van der Waals surface area contributed by atoms with E-state index in [1.54, 1.807) is 0 Å². The van der Waals surface area contributed by atoms with Crippen LogP contribution < -0.4 is 5.32 Å². The van der Waals surface area contributed by atoms with E-state index < -0.39 is 0 Å². The Bertz CT molecular complexity index is 330. The molecule has 0 aromatic heterocycles. The summed E-state index contributed by atoms with van der Waals surface area (Å²) in [6.45, 7) is 9.09.